The van der Waals surface area contributed by atoms with Crippen LogP contribution in [0.4, 0.5) is 0 Å². The lowest BCUT2D eigenvalue weighted by Crippen LogP contribution is -2.46. The van der Waals surface area contributed by atoms with Crippen molar-refractivity contribution in [2.45, 2.75) is 32.1 Å². The molecule has 5 nitrogen and oxygen atoms in total. The van der Waals surface area contributed by atoms with E-state index in [0.29, 0.717) is 13.1 Å². The summed E-state index contributed by atoms with van der Waals surface area (Å²) in [4.78, 5) is 0. The second-order valence-electron chi connectivity index (χ2n) is 4.87. The van der Waals surface area contributed by atoms with Crippen molar-refractivity contribution in [3.8, 4) is 0 Å². The minimum absolute atomic E-state index is 0.0265. The molecule has 0 saturated heterocycles. The largest absolute Gasteiger partial charge is 0.330 e. The van der Waals surface area contributed by atoms with Crippen molar-refractivity contribution in [3.05, 3.63) is 0 Å². The zero-order valence-corrected chi connectivity index (χ0v) is 11.0. The molecule has 0 radical (unpaired) electrons. The van der Waals surface area contributed by atoms with Crippen LogP contribution in [-0.2, 0) is 10.2 Å². The van der Waals surface area contributed by atoms with E-state index in [1.807, 2.05) is 0 Å². The van der Waals surface area contributed by atoms with Crippen LogP contribution in [0.15, 0.2) is 0 Å². The van der Waals surface area contributed by atoms with Gasteiger partial charge in [-0.15, -0.1) is 0 Å². The third-order valence-electron chi connectivity index (χ3n) is 3.46. The molecule has 1 saturated carbocycles. The molecule has 0 unspecified atom stereocenters. The van der Waals surface area contributed by atoms with Crippen molar-refractivity contribution in [1.82, 2.24) is 9.03 Å². The molecule has 0 amide bonds. The van der Waals surface area contributed by atoms with Crippen LogP contribution in [0.1, 0.15) is 32.1 Å². The Labute approximate surface area is 98.6 Å². The fourth-order valence-electron chi connectivity index (χ4n) is 2.13. The molecule has 0 aromatic heterocycles. The van der Waals surface area contributed by atoms with Crippen LogP contribution in [-0.4, -0.2) is 39.9 Å². The molecule has 96 valence electrons. The Bertz CT molecular complexity index is 308. The van der Waals surface area contributed by atoms with Crippen LogP contribution in [0.25, 0.3) is 0 Å². The molecular weight excluding hydrogens is 226 g/mol. The van der Waals surface area contributed by atoms with Gasteiger partial charge in [-0.05, 0) is 24.8 Å². The van der Waals surface area contributed by atoms with Gasteiger partial charge in [0.05, 0.1) is 0 Å². The first-order chi connectivity index (χ1) is 7.42. The van der Waals surface area contributed by atoms with Gasteiger partial charge in [0.15, 0.2) is 0 Å². The van der Waals surface area contributed by atoms with Crippen LogP contribution in [0.5, 0.6) is 0 Å². The van der Waals surface area contributed by atoms with E-state index in [1.54, 1.807) is 0 Å². The number of nitrogens with zero attached hydrogens (tertiary/aromatic N) is 1. The highest BCUT2D eigenvalue weighted by atomic mass is 32.2. The average Bonchev–Trinajstić information content (AvgIpc) is 2.28. The highest BCUT2D eigenvalue weighted by molar-refractivity contribution is 7.87. The van der Waals surface area contributed by atoms with Gasteiger partial charge in [-0.1, -0.05) is 19.3 Å². The van der Waals surface area contributed by atoms with Crippen LogP contribution in [0.2, 0.25) is 0 Å². The lowest BCUT2D eigenvalue weighted by Gasteiger charge is -2.36. The van der Waals surface area contributed by atoms with E-state index in [1.165, 1.54) is 24.8 Å². The van der Waals surface area contributed by atoms with E-state index >= 15 is 0 Å². The third-order valence-corrected chi connectivity index (χ3v) is 4.93. The third kappa shape index (κ3) is 3.41. The topological polar surface area (TPSA) is 75.4 Å². The maximum atomic E-state index is 11.6. The van der Waals surface area contributed by atoms with Crippen molar-refractivity contribution >= 4 is 10.2 Å². The molecule has 6 heteroatoms. The SMILES string of the molecule is CN(C)S(=O)(=O)NCC1(CN)CCCCC1. The minimum Gasteiger partial charge on any atom is -0.330 e. The van der Waals surface area contributed by atoms with Crippen LogP contribution >= 0.6 is 0 Å². The van der Waals surface area contributed by atoms with Crippen molar-refractivity contribution in [1.29, 1.82) is 0 Å². The molecule has 0 heterocycles. The minimum atomic E-state index is -3.32. The first-order valence-electron chi connectivity index (χ1n) is 5.79. The summed E-state index contributed by atoms with van der Waals surface area (Å²) in [6, 6.07) is 0. The zero-order chi connectivity index (χ0) is 12.2. The Morgan fingerprint density at radius 1 is 1.25 bits per heavy atom. The molecule has 3 N–H and O–H groups in total. The van der Waals surface area contributed by atoms with E-state index in [2.05, 4.69) is 4.72 Å². The fraction of sp³-hybridized carbons (Fsp3) is 1.00. The highest BCUT2D eigenvalue weighted by Gasteiger charge is 2.32. The summed E-state index contributed by atoms with van der Waals surface area (Å²) in [5.74, 6) is 0. The Morgan fingerprint density at radius 2 is 1.81 bits per heavy atom. The van der Waals surface area contributed by atoms with Gasteiger partial charge < -0.3 is 5.73 Å². The van der Waals surface area contributed by atoms with Crippen molar-refractivity contribution < 1.29 is 8.42 Å². The second kappa shape index (κ2) is 5.44. The van der Waals surface area contributed by atoms with Gasteiger partial charge in [0.1, 0.15) is 0 Å². The average molecular weight is 249 g/mol. The van der Waals surface area contributed by atoms with Gasteiger partial charge in [0.2, 0.25) is 0 Å². The Hall–Kier alpha value is -0.170. The normalized spacial score (nSPS) is 21.2. The predicted octanol–water partition coefficient (Wildman–Crippen LogP) is 0.292. The van der Waals surface area contributed by atoms with Crippen LogP contribution in [0.3, 0.4) is 0 Å². The maximum absolute atomic E-state index is 11.6. The second-order valence-corrected chi connectivity index (χ2v) is 6.84. The predicted molar refractivity (Wildman–Crippen MR) is 65.2 cm³/mol. The van der Waals surface area contributed by atoms with Crippen LogP contribution in [0, 0.1) is 5.41 Å². The van der Waals surface area contributed by atoms with E-state index in [4.69, 9.17) is 5.73 Å². The maximum Gasteiger partial charge on any atom is 0.278 e. The number of nitrogens with one attached hydrogen (secondary N) is 1. The molecular formula is C10H23N3O2S. The van der Waals surface area contributed by atoms with E-state index in [9.17, 15) is 8.42 Å². The lowest BCUT2D eigenvalue weighted by atomic mass is 9.74. The first-order valence-corrected chi connectivity index (χ1v) is 7.23. The number of rotatable bonds is 5. The van der Waals surface area contributed by atoms with Crippen molar-refractivity contribution in [2.75, 3.05) is 27.2 Å². The Morgan fingerprint density at radius 3 is 2.25 bits per heavy atom. The molecule has 0 bridgehead atoms. The van der Waals surface area contributed by atoms with Crippen LogP contribution < -0.4 is 10.5 Å². The summed E-state index contributed by atoms with van der Waals surface area (Å²) in [6.07, 6.45) is 5.60. The van der Waals surface area contributed by atoms with Gasteiger partial charge in [-0.2, -0.15) is 12.7 Å². The molecule has 0 atom stereocenters. The zero-order valence-electron chi connectivity index (χ0n) is 10.2. The first kappa shape index (κ1) is 13.9. The quantitative estimate of drug-likeness (QED) is 0.735. The summed E-state index contributed by atoms with van der Waals surface area (Å²) in [6.45, 7) is 1.02. The molecule has 1 rings (SSSR count). The Kier molecular flexibility index (Phi) is 4.73. The number of hydrogen-bond donors (Lipinski definition) is 2. The fourth-order valence-corrected chi connectivity index (χ4v) is 2.88. The number of nitrogens with two attached hydrogens (primary N) is 1. The summed E-state index contributed by atoms with van der Waals surface area (Å²) >= 11 is 0. The van der Waals surface area contributed by atoms with Gasteiger partial charge in [0, 0.05) is 20.6 Å². The molecule has 1 fully saturated rings. The van der Waals surface area contributed by atoms with Crippen molar-refractivity contribution in [3.63, 3.8) is 0 Å². The Balaban J connectivity index is 2.58. The van der Waals surface area contributed by atoms with Gasteiger partial charge in [0.25, 0.3) is 10.2 Å². The molecule has 16 heavy (non-hydrogen) atoms. The molecule has 1 aliphatic carbocycles. The lowest BCUT2D eigenvalue weighted by molar-refractivity contribution is 0.201. The monoisotopic (exact) mass is 249 g/mol. The standard InChI is InChI=1S/C10H23N3O2S/c1-13(2)16(14,15)12-9-10(8-11)6-4-3-5-7-10/h12H,3-9,11H2,1-2H3. The summed E-state index contributed by atoms with van der Waals surface area (Å²) in [7, 11) is -0.266. The summed E-state index contributed by atoms with van der Waals surface area (Å²) in [5.41, 5.74) is 5.77. The van der Waals surface area contributed by atoms with E-state index < -0.39 is 10.2 Å². The highest BCUT2D eigenvalue weighted by Crippen LogP contribution is 2.34. The molecule has 1 aliphatic rings. The van der Waals surface area contributed by atoms with E-state index in [0.717, 1.165) is 25.7 Å². The molecule has 0 aliphatic heterocycles. The van der Waals surface area contributed by atoms with Gasteiger partial charge in [-0.25, -0.2) is 4.72 Å². The number of hydrogen-bond acceptors (Lipinski definition) is 3. The van der Waals surface area contributed by atoms with E-state index in [-0.39, 0.29) is 5.41 Å². The molecule has 0 aromatic rings. The summed E-state index contributed by atoms with van der Waals surface area (Å²) in [5, 5.41) is 0. The van der Waals surface area contributed by atoms with Gasteiger partial charge in [-0.3, -0.25) is 0 Å². The van der Waals surface area contributed by atoms with Crippen molar-refractivity contribution in [2.24, 2.45) is 11.1 Å². The molecule has 0 aromatic carbocycles. The molecule has 0 spiro atoms. The smallest absolute Gasteiger partial charge is 0.278 e. The van der Waals surface area contributed by atoms with Gasteiger partial charge >= 0.3 is 0 Å². The summed E-state index contributed by atoms with van der Waals surface area (Å²) < 4.78 is 27.0.